The van der Waals surface area contributed by atoms with Gasteiger partial charge in [0.25, 0.3) is 0 Å². The van der Waals surface area contributed by atoms with E-state index in [1.54, 1.807) is 12.1 Å². The van der Waals surface area contributed by atoms with Gasteiger partial charge < -0.3 is 16.4 Å². The van der Waals surface area contributed by atoms with Gasteiger partial charge in [0.05, 0.1) is 6.54 Å². The van der Waals surface area contributed by atoms with E-state index in [1.165, 1.54) is 11.1 Å². The summed E-state index contributed by atoms with van der Waals surface area (Å²) in [5, 5.41) is 6.64. The van der Waals surface area contributed by atoms with E-state index in [1.807, 2.05) is 19.1 Å². The molecule has 0 aliphatic carbocycles. The molecule has 2 aromatic carbocycles. The summed E-state index contributed by atoms with van der Waals surface area (Å²) in [4.78, 5) is 15.9. The van der Waals surface area contributed by atoms with E-state index in [9.17, 15) is 4.79 Å². The fourth-order valence-corrected chi connectivity index (χ4v) is 2.60. The Balaban J connectivity index is 0.00000364. The Morgan fingerprint density at radius 1 is 1.15 bits per heavy atom. The van der Waals surface area contributed by atoms with E-state index in [4.69, 9.17) is 5.73 Å². The molecule has 0 aliphatic heterocycles. The number of aryl methyl sites for hydroxylation is 1. The lowest BCUT2D eigenvalue weighted by atomic mass is 10.0. The fourth-order valence-electron chi connectivity index (χ4n) is 2.60. The summed E-state index contributed by atoms with van der Waals surface area (Å²) in [5.41, 5.74) is 9.35. The Hall–Kier alpha value is -2.09. The first-order valence-electron chi connectivity index (χ1n) is 8.97. The topological polar surface area (TPSA) is 79.5 Å². The number of hydrogen-bond acceptors (Lipinski definition) is 2. The molecule has 2 rings (SSSR count). The molecule has 0 radical (unpaired) electrons. The Labute approximate surface area is 178 Å². The second kappa shape index (κ2) is 11.6. The predicted molar refractivity (Wildman–Crippen MR) is 123 cm³/mol. The molecule has 0 fully saturated rings. The number of halogens is 1. The highest BCUT2D eigenvalue weighted by atomic mass is 127. The van der Waals surface area contributed by atoms with Crippen LogP contribution in [0.5, 0.6) is 0 Å². The average molecular weight is 480 g/mol. The van der Waals surface area contributed by atoms with E-state index in [-0.39, 0.29) is 24.0 Å². The molecule has 0 saturated heterocycles. The number of nitrogens with one attached hydrogen (secondary N) is 2. The minimum Gasteiger partial charge on any atom is -0.366 e. The number of amides is 1. The number of hydrogen-bond donors (Lipinski definition) is 3. The lowest BCUT2D eigenvalue weighted by Gasteiger charge is -2.16. The molecule has 1 unspecified atom stereocenters. The van der Waals surface area contributed by atoms with Crippen LogP contribution < -0.4 is 16.4 Å². The Bertz CT molecular complexity index is 759. The number of carbonyl (C=O) groups excluding carboxylic acids is 1. The number of rotatable bonds is 7. The molecule has 0 heterocycles. The molecule has 1 amide bonds. The molecule has 0 aliphatic rings. The quantitative estimate of drug-likeness (QED) is 0.322. The summed E-state index contributed by atoms with van der Waals surface area (Å²) in [5.74, 6) is 0.710. The van der Waals surface area contributed by atoms with E-state index in [0.29, 0.717) is 18.0 Å². The van der Waals surface area contributed by atoms with E-state index >= 15 is 0 Å². The largest absolute Gasteiger partial charge is 0.366 e. The van der Waals surface area contributed by atoms with Crippen LogP contribution in [0.25, 0.3) is 0 Å². The third-order valence-electron chi connectivity index (χ3n) is 4.20. The van der Waals surface area contributed by atoms with Crippen LogP contribution in [-0.4, -0.2) is 25.0 Å². The minimum absolute atomic E-state index is 0. The van der Waals surface area contributed by atoms with Crippen LogP contribution in [0.2, 0.25) is 0 Å². The molecule has 0 aromatic heterocycles. The highest BCUT2D eigenvalue weighted by molar-refractivity contribution is 14.0. The first kappa shape index (κ1) is 23.0. The summed E-state index contributed by atoms with van der Waals surface area (Å²) in [6.07, 6.45) is 0. The van der Waals surface area contributed by atoms with E-state index in [0.717, 1.165) is 24.6 Å². The van der Waals surface area contributed by atoms with Crippen molar-refractivity contribution in [3.63, 3.8) is 0 Å². The molecule has 4 N–H and O–H groups in total. The van der Waals surface area contributed by atoms with Crippen LogP contribution in [0, 0.1) is 6.92 Å². The highest BCUT2D eigenvalue weighted by Gasteiger charge is 2.07. The molecule has 1 atom stereocenters. The van der Waals surface area contributed by atoms with Crippen LogP contribution in [0.4, 0.5) is 0 Å². The predicted octanol–water partition coefficient (Wildman–Crippen LogP) is 3.57. The monoisotopic (exact) mass is 480 g/mol. The first-order chi connectivity index (χ1) is 12.5. The van der Waals surface area contributed by atoms with Crippen LogP contribution in [-0.2, 0) is 6.54 Å². The van der Waals surface area contributed by atoms with Gasteiger partial charge in [0, 0.05) is 18.7 Å². The van der Waals surface area contributed by atoms with Crippen molar-refractivity contribution in [2.75, 3.05) is 13.1 Å². The average Bonchev–Trinajstić information content (AvgIpc) is 2.64. The van der Waals surface area contributed by atoms with Gasteiger partial charge in [-0.1, -0.05) is 48.9 Å². The Kier molecular flexibility index (Phi) is 9.85. The minimum atomic E-state index is -0.423. The molecule has 0 spiro atoms. The normalized spacial score (nSPS) is 12.0. The number of primary amides is 1. The number of aliphatic imine (C=N–C) groups is 1. The van der Waals surface area contributed by atoms with Crippen LogP contribution in [0.3, 0.4) is 0 Å². The van der Waals surface area contributed by atoms with Gasteiger partial charge in [0.15, 0.2) is 5.96 Å². The Morgan fingerprint density at radius 3 is 2.48 bits per heavy atom. The van der Waals surface area contributed by atoms with Crippen molar-refractivity contribution in [2.45, 2.75) is 33.2 Å². The third-order valence-corrected chi connectivity index (χ3v) is 4.20. The second-order valence-electron chi connectivity index (χ2n) is 6.45. The molecule has 2 aromatic rings. The molecular weight excluding hydrogens is 451 g/mol. The lowest BCUT2D eigenvalue weighted by molar-refractivity contribution is 0.1000. The van der Waals surface area contributed by atoms with Crippen molar-refractivity contribution >= 4 is 35.8 Å². The molecule has 27 heavy (non-hydrogen) atoms. The van der Waals surface area contributed by atoms with Gasteiger partial charge in [0.1, 0.15) is 0 Å². The van der Waals surface area contributed by atoms with Crippen molar-refractivity contribution < 1.29 is 4.79 Å². The second-order valence-corrected chi connectivity index (χ2v) is 6.45. The highest BCUT2D eigenvalue weighted by Crippen LogP contribution is 2.14. The number of nitrogens with zero attached hydrogens (tertiary/aromatic N) is 1. The lowest BCUT2D eigenvalue weighted by Crippen LogP contribution is -2.39. The zero-order valence-corrected chi connectivity index (χ0v) is 18.5. The molecule has 146 valence electrons. The Morgan fingerprint density at radius 2 is 1.85 bits per heavy atom. The van der Waals surface area contributed by atoms with Crippen molar-refractivity contribution in [1.29, 1.82) is 0 Å². The summed E-state index contributed by atoms with van der Waals surface area (Å²) in [6.45, 7) is 8.37. The maximum Gasteiger partial charge on any atom is 0.248 e. The maximum atomic E-state index is 11.3. The number of nitrogens with two attached hydrogens (primary N) is 1. The van der Waals surface area contributed by atoms with Gasteiger partial charge >= 0.3 is 0 Å². The SMILES string of the molecule is CCNC(=NCc1cccc(C(N)=O)c1)NCC(C)c1ccc(C)cc1.I. The van der Waals surface area contributed by atoms with Gasteiger partial charge in [0.2, 0.25) is 5.91 Å². The zero-order valence-electron chi connectivity index (χ0n) is 16.2. The van der Waals surface area contributed by atoms with Gasteiger partial charge in [-0.3, -0.25) is 4.79 Å². The van der Waals surface area contributed by atoms with Crippen LogP contribution in [0.1, 0.15) is 46.8 Å². The maximum absolute atomic E-state index is 11.3. The third kappa shape index (κ3) is 7.58. The molecule has 6 heteroatoms. The van der Waals surface area contributed by atoms with Gasteiger partial charge in [-0.05, 0) is 43.0 Å². The summed E-state index contributed by atoms with van der Waals surface area (Å²) < 4.78 is 0. The molecule has 0 bridgehead atoms. The van der Waals surface area contributed by atoms with Gasteiger partial charge in [-0.15, -0.1) is 24.0 Å². The number of benzene rings is 2. The zero-order chi connectivity index (χ0) is 18.9. The van der Waals surface area contributed by atoms with Gasteiger partial charge in [-0.25, -0.2) is 4.99 Å². The molecular formula is C21H29IN4O. The van der Waals surface area contributed by atoms with Crippen LogP contribution in [0.15, 0.2) is 53.5 Å². The molecule has 5 nitrogen and oxygen atoms in total. The van der Waals surface area contributed by atoms with Crippen molar-refractivity contribution in [2.24, 2.45) is 10.7 Å². The number of guanidine groups is 1. The van der Waals surface area contributed by atoms with Crippen LogP contribution >= 0.6 is 24.0 Å². The molecule has 0 saturated carbocycles. The van der Waals surface area contributed by atoms with E-state index in [2.05, 4.69) is 53.7 Å². The van der Waals surface area contributed by atoms with Crippen molar-refractivity contribution in [3.05, 3.63) is 70.8 Å². The summed E-state index contributed by atoms with van der Waals surface area (Å²) in [6, 6.07) is 15.9. The van der Waals surface area contributed by atoms with Gasteiger partial charge in [-0.2, -0.15) is 0 Å². The summed E-state index contributed by atoms with van der Waals surface area (Å²) in [7, 11) is 0. The smallest absolute Gasteiger partial charge is 0.248 e. The van der Waals surface area contributed by atoms with Crippen molar-refractivity contribution in [1.82, 2.24) is 10.6 Å². The van der Waals surface area contributed by atoms with Crippen molar-refractivity contribution in [3.8, 4) is 0 Å². The summed E-state index contributed by atoms with van der Waals surface area (Å²) >= 11 is 0. The van der Waals surface area contributed by atoms with E-state index < -0.39 is 5.91 Å². The first-order valence-corrected chi connectivity index (χ1v) is 8.97. The number of carbonyl (C=O) groups is 1. The standard InChI is InChI=1S/C21H28N4O.HI/c1-4-23-21(24-13-16(3)18-10-8-15(2)9-11-18)25-14-17-6-5-7-19(12-17)20(22)26;/h5-12,16H,4,13-14H2,1-3H3,(H2,22,26)(H2,23,24,25);1H. The fraction of sp³-hybridized carbons (Fsp3) is 0.333.